The molecule has 44 heavy (non-hydrogen) atoms. The maximum absolute atomic E-state index is 2.55. The molecule has 0 heteroatoms. The normalized spacial score (nSPS) is 20.9. The van der Waals surface area contributed by atoms with E-state index >= 15 is 0 Å². The molecule has 0 fully saturated rings. The van der Waals surface area contributed by atoms with Crippen LogP contribution < -0.4 is 0 Å². The molecule has 2 aliphatic carbocycles. The minimum absolute atomic E-state index is 0.723. The van der Waals surface area contributed by atoms with Crippen molar-refractivity contribution in [2.24, 2.45) is 41.4 Å². The average Bonchev–Trinajstić information content (AvgIpc) is 3.30. The summed E-state index contributed by atoms with van der Waals surface area (Å²) in [5.41, 5.74) is 0. The van der Waals surface area contributed by atoms with Crippen LogP contribution in [-0.2, 0) is 0 Å². The van der Waals surface area contributed by atoms with Crippen LogP contribution in [0.5, 0.6) is 0 Å². The van der Waals surface area contributed by atoms with Crippen LogP contribution in [0.4, 0.5) is 0 Å². The molecule has 0 saturated carbocycles. The van der Waals surface area contributed by atoms with Crippen molar-refractivity contribution in [3.05, 3.63) is 36.5 Å². The molecule has 0 saturated heterocycles. The van der Waals surface area contributed by atoms with Gasteiger partial charge in [0.05, 0.1) is 0 Å². The van der Waals surface area contributed by atoms with Gasteiger partial charge in [-0.2, -0.15) is 0 Å². The molecule has 266 valence electrons. The van der Waals surface area contributed by atoms with Gasteiger partial charge in [-0.15, -0.1) is 0 Å². The molecule has 0 aromatic heterocycles. The second-order valence-electron chi connectivity index (χ2n) is 13.3. The number of allylic oxidation sites excluding steroid dienone is 6. The van der Waals surface area contributed by atoms with E-state index in [1.165, 1.54) is 103 Å². The zero-order chi connectivity index (χ0) is 34.6. The Bertz CT molecular complexity index is 579. The van der Waals surface area contributed by atoms with Gasteiger partial charge < -0.3 is 0 Å². The van der Waals surface area contributed by atoms with E-state index in [0.717, 1.165) is 41.4 Å². The zero-order valence-electron chi connectivity index (χ0n) is 33.8. The monoisotopic (exact) mass is 619 g/mol. The number of hydrogen-bond acceptors (Lipinski definition) is 0. The van der Waals surface area contributed by atoms with E-state index in [4.69, 9.17) is 0 Å². The third-order valence-corrected chi connectivity index (χ3v) is 8.67. The van der Waals surface area contributed by atoms with Gasteiger partial charge in [0.1, 0.15) is 0 Å². The van der Waals surface area contributed by atoms with E-state index in [1.54, 1.807) is 0 Å². The third kappa shape index (κ3) is 32.6. The Balaban J connectivity index is -0.000000318. The molecule has 0 aromatic rings. The van der Waals surface area contributed by atoms with Crippen LogP contribution in [0, 0.1) is 41.4 Å². The second kappa shape index (κ2) is 40.2. The van der Waals surface area contributed by atoms with Crippen LogP contribution in [0.25, 0.3) is 0 Å². The first-order valence-corrected chi connectivity index (χ1v) is 20.3. The van der Waals surface area contributed by atoms with Crippen molar-refractivity contribution in [1.29, 1.82) is 0 Å². The Kier molecular flexibility index (Phi) is 45.8. The summed E-state index contributed by atoms with van der Waals surface area (Å²) < 4.78 is 0. The summed E-state index contributed by atoms with van der Waals surface area (Å²) in [7, 11) is 0. The molecular formula is C44H90. The summed E-state index contributed by atoms with van der Waals surface area (Å²) in [5, 5.41) is 0. The van der Waals surface area contributed by atoms with Gasteiger partial charge in [-0.25, -0.2) is 0 Å². The second-order valence-corrected chi connectivity index (χ2v) is 13.3. The molecule has 0 bridgehead atoms. The Morgan fingerprint density at radius 2 is 1.25 bits per heavy atom. The minimum Gasteiger partial charge on any atom is -0.0885 e. The molecule has 0 amide bonds. The summed E-state index contributed by atoms with van der Waals surface area (Å²) in [6.45, 7) is 32.6. The van der Waals surface area contributed by atoms with Gasteiger partial charge in [-0.05, 0) is 99.2 Å². The number of rotatable bonds is 14. The number of unbranched alkanes of at least 4 members (excludes halogenated alkanes) is 2. The molecule has 0 radical (unpaired) electrons. The fourth-order valence-electron chi connectivity index (χ4n) is 5.97. The van der Waals surface area contributed by atoms with E-state index in [9.17, 15) is 0 Å². The lowest BCUT2D eigenvalue weighted by molar-refractivity contribution is 0.366. The summed E-state index contributed by atoms with van der Waals surface area (Å²) >= 11 is 0. The molecule has 0 aliphatic heterocycles. The molecule has 6 unspecified atom stereocenters. The van der Waals surface area contributed by atoms with Crippen LogP contribution in [0.15, 0.2) is 36.5 Å². The van der Waals surface area contributed by atoms with Crippen LogP contribution in [-0.4, -0.2) is 0 Å². The van der Waals surface area contributed by atoms with Crippen LogP contribution >= 0.6 is 0 Å². The highest BCUT2D eigenvalue weighted by Crippen LogP contribution is 2.32. The Morgan fingerprint density at radius 3 is 1.75 bits per heavy atom. The van der Waals surface area contributed by atoms with Crippen molar-refractivity contribution in [1.82, 2.24) is 0 Å². The molecule has 0 N–H and O–H groups in total. The van der Waals surface area contributed by atoms with Crippen molar-refractivity contribution in [2.75, 3.05) is 0 Å². The molecule has 0 spiro atoms. The van der Waals surface area contributed by atoms with E-state index < -0.39 is 0 Å². The summed E-state index contributed by atoms with van der Waals surface area (Å²) in [5.74, 6) is 5.94. The van der Waals surface area contributed by atoms with Gasteiger partial charge in [0.15, 0.2) is 0 Å². The van der Waals surface area contributed by atoms with Crippen LogP contribution in [0.1, 0.15) is 207 Å². The molecule has 6 atom stereocenters. The lowest BCUT2D eigenvalue weighted by Gasteiger charge is -2.21. The average molecular weight is 619 g/mol. The van der Waals surface area contributed by atoms with Gasteiger partial charge in [0, 0.05) is 0 Å². The summed E-state index contributed by atoms with van der Waals surface area (Å²) in [6.07, 6.45) is 36.8. The Hall–Kier alpha value is -0.780. The fourth-order valence-corrected chi connectivity index (χ4v) is 5.97. The van der Waals surface area contributed by atoms with Crippen molar-refractivity contribution < 1.29 is 0 Å². The first-order chi connectivity index (χ1) is 21.3. The van der Waals surface area contributed by atoms with E-state index in [0.29, 0.717) is 0 Å². The predicted molar refractivity (Wildman–Crippen MR) is 211 cm³/mol. The lowest BCUT2D eigenvalue weighted by atomic mass is 9.84. The van der Waals surface area contributed by atoms with Crippen LogP contribution in [0.2, 0.25) is 0 Å². The topological polar surface area (TPSA) is 0 Å². The Morgan fingerprint density at radius 1 is 0.659 bits per heavy atom. The largest absolute Gasteiger partial charge is 0.0885 e. The molecular weight excluding hydrogens is 528 g/mol. The highest BCUT2D eigenvalue weighted by atomic mass is 14.3. The first kappa shape index (κ1) is 50.1. The smallest absolute Gasteiger partial charge is 0.0171 e. The standard InChI is InChI=1S/C23H42.C12H22.C3H8.3C2H6/c1-6-8-9-11-21-12-10-13-23(17-15-21)22(7-2)16-14-20(5)18-19(3)4;1-3-11(2)9-10-12-7-5-4-6-8-12;1-3-2;3*1-2/h10,13-14,16,19-23H,6-9,11-12,15,17-18H2,1-5H3;4-5,11-12H,3,6-10H2,1-2H3;3H2,1-2H3;3*1-2H3/b16-14-;;;;;. The first-order valence-electron chi connectivity index (χ1n) is 20.3. The molecule has 2 rings (SSSR count). The van der Waals surface area contributed by atoms with E-state index in [-0.39, 0.29) is 0 Å². The highest BCUT2D eigenvalue weighted by molar-refractivity contribution is 5.02. The van der Waals surface area contributed by atoms with Crippen LogP contribution in [0.3, 0.4) is 0 Å². The van der Waals surface area contributed by atoms with E-state index in [1.807, 2.05) is 41.5 Å². The van der Waals surface area contributed by atoms with Crippen molar-refractivity contribution in [3.8, 4) is 0 Å². The van der Waals surface area contributed by atoms with Crippen molar-refractivity contribution in [2.45, 2.75) is 207 Å². The summed E-state index contributed by atoms with van der Waals surface area (Å²) in [6, 6.07) is 0. The maximum atomic E-state index is 2.55. The summed E-state index contributed by atoms with van der Waals surface area (Å²) in [4.78, 5) is 0. The van der Waals surface area contributed by atoms with Gasteiger partial charge in [0.2, 0.25) is 0 Å². The maximum Gasteiger partial charge on any atom is -0.0171 e. The Labute approximate surface area is 283 Å². The molecule has 0 aromatic carbocycles. The molecule has 0 heterocycles. The lowest BCUT2D eigenvalue weighted by Crippen LogP contribution is -2.11. The van der Waals surface area contributed by atoms with Crippen molar-refractivity contribution >= 4 is 0 Å². The molecule has 0 nitrogen and oxygen atoms in total. The van der Waals surface area contributed by atoms with Gasteiger partial charge >= 0.3 is 0 Å². The van der Waals surface area contributed by atoms with Crippen molar-refractivity contribution in [3.63, 3.8) is 0 Å². The predicted octanol–water partition coefficient (Wildman–Crippen LogP) is 16.5. The van der Waals surface area contributed by atoms with E-state index in [2.05, 4.69) is 98.8 Å². The number of hydrogen-bond donors (Lipinski definition) is 0. The fraction of sp³-hybridized carbons (Fsp3) is 0.864. The van der Waals surface area contributed by atoms with Gasteiger partial charge in [-0.3, -0.25) is 0 Å². The third-order valence-electron chi connectivity index (χ3n) is 8.67. The van der Waals surface area contributed by atoms with Gasteiger partial charge in [-0.1, -0.05) is 185 Å². The minimum atomic E-state index is 0.723. The quantitative estimate of drug-likeness (QED) is 0.134. The SMILES string of the molecule is CC.CC.CC.CCC.CCC(C)CCC1CC=CCC1.CCCCCC1CC=CC(C(/C=C\C(C)CC(C)C)CC)CC1. The zero-order valence-corrected chi connectivity index (χ0v) is 33.8. The van der Waals surface area contributed by atoms with Gasteiger partial charge in [0.25, 0.3) is 0 Å². The molecule has 2 aliphatic rings. The highest BCUT2D eigenvalue weighted by Gasteiger charge is 2.20.